The molecule has 0 fully saturated rings. The maximum absolute atomic E-state index is 4.11. The molecule has 0 aliphatic carbocycles. The van der Waals surface area contributed by atoms with Crippen LogP contribution in [0.2, 0.25) is 0 Å². The van der Waals surface area contributed by atoms with Crippen LogP contribution in [0, 0.1) is 0 Å². The van der Waals surface area contributed by atoms with Gasteiger partial charge in [-0.05, 0) is 23.3 Å². The maximum atomic E-state index is 4.11. The highest BCUT2D eigenvalue weighted by Crippen LogP contribution is 2.26. The Morgan fingerprint density at radius 2 is 2.21 bits per heavy atom. The van der Waals surface area contributed by atoms with Gasteiger partial charge in [0.2, 0.25) is 0 Å². The largest absolute Gasteiger partial charge is 0.373 e. The summed E-state index contributed by atoms with van der Waals surface area (Å²) in [5, 5.41) is 3.81. The van der Waals surface area contributed by atoms with Gasteiger partial charge < -0.3 is 5.32 Å². The Bertz CT molecular complexity index is 402. The molecule has 0 aliphatic heterocycles. The van der Waals surface area contributed by atoms with Crippen LogP contribution >= 0.6 is 23.3 Å². The number of anilines is 1. The average Bonchev–Trinajstić information content (AvgIpc) is 2.71. The molecule has 5 nitrogen and oxygen atoms in total. The highest BCUT2D eigenvalue weighted by atomic mass is 32.2. The maximum Gasteiger partial charge on any atom is 0.175 e. The number of nitrogens with zero attached hydrogens (tertiary/aromatic N) is 4. The molecule has 2 aromatic heterocycles. The molecule has 14 heavy (non-hydrogen) atoms. The summed E-state index contributed by atoms with van der Waals surface area (Å²) in [6.45, 7) is 0. The number of hydrogen-bond donors (Lipinski definition) is 1. The van der Waals surface area contributed by atoms with Crippen molar-refractivity contribution in [3.05, 3.63) is 18.7 Å². The lowest BCUT2D eigenvalue weighted by molar-refractivity contribution is 1.04. The molecule has 72 valence electrons. The lowest BCUT2D eigenvalue weighted by Crippen LogP contribution is -1.92. The van der Waals surface area contributed by atoms with E-state index in [4.69, 9.17) is 0 Å². The van der Waals surface area contributed by atoms with E-state index < -0.39 is 0 Å². The molecule has 0 radical (unpaired) electrons. The highest BCUT2D eigenvalue weighted by molar-refractivity contribution is 8.00. The molecule has 2 aromatic rings. The predicted octanol–water partition coefficient (Wildman–Crippen LogP) is 1.52. The summed E-state index contributed by atoms with van der Waals surface area (Å²) >= 11 is 2.83. The Morgan fingerprint density at radius 1 is 1.29 bits per heavy atom. The summed E-state index contributed by atoms with van der Waals surface area (Å²) in [7, 11) is 1.82. The summed E-state index contributed by atoms with van der Waals surface area (Å²) in [5.74, 6) is 0.798. The Morgan fingerprint density at radius 3 is 2.93 bits per heavy atom. The molecule has 0 atom stereocenters. The summed E-state index contributed by atoms with van der Waals surface area (Å²) in [6, 6.07) is 1.87. The van der Waals surface area contributed by atoms with Crippen molar-refractivity contribution in [3.63, 3.8) is 0 Å². The van der Waals surface area contributed by atoms with Crippen LogP contribution < -0.4 is 5.32 Å². The first-order valence-electron chi connectivity index (χ1n) is 3.83. The van der Waals surface area contributed by atoms with Crippen LogP contribution in [0.5, 0.6) is 0 Å². The first kappa shape index (κ1) is 9.35. The summed E-state index contributed by atoms with van der Waals surface area (Å²) in [6.07, 6.45) is 3.06. The zero-order valence-corrected chi connectivity index (χ0v) is 8.97. The van der Waals surface area contributed by atoms with Gasteiger partial charge in [-0.1, -0.05) is 0 Å². The van der Waals surface area contributed by atoms with E-state index in [0.29, 0.717) is 0 Å². The Balaban J connectivity index is 2.17. The third kappa shape index (κ3) is 2.18. The van der Waals surface area contributed by atoms with Crippen molar-refractivity contribution in [1.29, 1.82) is 0 Å². The first-order valence-corrected chi connectivity index (χ1v) is 5.42. The summed E-state index contributed by atoms with van der Waals surface area (Å²) < 4.78 is 4.79. The topological polar surface area (TPSA) is 63.6 Å². The number of nitrogens with one attached hydrogen (secondary N) is 1. The lowest BCUT2D eigenvalue weighted by Gasteiger charge is -1.99. The number of aromatic nitrogens is 4. The van der Waals surface area contributed by atoms with Crippen molar-refractivity contribution in [2.75, 3.05) is 12.4 Å². The zero-order chi connectivity index (χ0) is 9.80. The normalized spacial score (nSPS) is 10.1. The van der Waals surface area contributed by atoms with Crippen LogP contribution in [0.4, 0.5) is 5.82 Å². The second kappa shape index (κ2) is 4.34. The molecule has 0 bridgehead atoms. The summed E-state index contributed by atoms with van der Waals surface area (Å²) in [5.41, 5.74) is 0. The third-order valence-electron chi connectivity index (χ3n) is 1.43. The van der Waals surface area contributed by atoms with Crippen LogP contribution in [0.1, 0.15) is 0 Å². The van der Waals surface area contributed by atoms with E-state index in [-0.39, 0.29) is 0 Å². The van der Waals surface area contributed by atoms with Crippen LogP contribution in [0.15, 0.2) is 28.1 Å². The SMILES string of the molecule is CNc1cc(Sc2ncns2)ncn1. The van der Waals surface area contributed by atoms with Gasteiger partial charge in [0.1, 0.15) is 23.5 Å². The Kier molecular flexibility index (Phi) is 2.90. The van der Waals surface area contributed by atoms with E-state index in [0.717, 1.165) is 15.2 Å². The fourth-order valence-electron chi connectivity index (χ4n) is 0.829. The van der Waals surface area contributed by atoms with Gasteiger partial charge in [-0.25, -0.2) is 15.0 Å². The van der Waals surface area contributed by atoms with Crippen molar-refractivity contribution in [1.82, 2.24) is 19.3 Å². The highest BCUT2D eigenvalue weighted by Gasteiger charge is 2.02. The zero-order valence-electron chi connectivity index (χ0n) is 7.34. The van der Waals surface area contributed by atoms with Gasteiger partial charge in [-0.2, -0.15) is 4.37 Å². The molecule has 2 heterocycles. The summed E-state index contributed by atoms with van der Waals surface area (Å²) in [4.78, 5) is 12.2. The van der Waals surface area contributed by atoms with Gasteiger partial charge in [0.25, 0.3) is 0 Å². The van der Waals surface area contributed by atoms with Gasteiger partial charge in [-0.3, -0.25) is 0 Å². The fourth-order valence-corrected chi connectivity index (χ4v) is 2.19. The molecule has 7 heteroatoms. The van der Waals surface area contributed by atoms with Gasteiger partial charge >= 0.3 is 0 Å². The van der Waals surface area contributed by atoms with Crippen LogP contribution in [-0.2, 0) is 0 Å². The number of rotatable bonds is 3. The molecule has 1 N–H and O–H groups in total. The average molecular weight is 225 g/mol. The van der Waals surface area contributed by atoms with Crippen molar-refractivity contribution in [2.24, 2.45) is 0 Å². The minimum absolute atomic E-state index is 0.798. The molecule has 0 aromatic carbocycles. The van der Waals surface area contributed by atoms with Gasteiger partial charge in [0.05, 0.1) is 0 Å². The quantitative estimate of drug-likeness (QED) is 0.799. The van der Waals surface area contributed by atoms with E-state index in [1.807, 2.05) is 13.1 Å². The van der Waals surface area contributed by atoms with E-state index in [2.05, 4.69) is 24.6 Å². The van der Waals surface area contributed by atoms with E-state index in [1.165, 1.54) is 35.9 Å². The van der Waals surface area contributed by atoms with Gasteiger partial charge in [0.15, 0.2) is 4.34 Å². The van der Waals surface area contributed by atoms with Gasteiger partial charge in [-0.15, -0.1) is 0 Å². The smallest absolute Gasteiger partial charge is 0.175 e. The van der Waals surface area contributed by atoms with Gasteiger partial charge in [0, 0.05) is 13.1 Å². The lowest BCUT2D eigenvalue weighted by atomic mass is 10.6. The van der Waals surface area contributed by atoms with Crippen LogP contribution in [0.3, 0.4) is 0 Å². The molecular weight excluding hydrogens is 218 g/mol. The molecule has 2 rings (SSSR count). The second-order valence-electron chi connectivity index (χ2n) is 2.30. The van der Waals surface area contributed by atoms with E-state index >= 15 is 0 Å². The predicted molar refractivity (Wildman–Crippen MR) is 55.6 cm³/mol. The Labute approximate surface area is 89.2 Å². The van der Waals surface area contributed by atoms with Crippen LogP contribution in [0.25, 0.3) is 0 Å². The minimum Gasteiger partial charge on any atom is -0.373 e. The first-order chi connectivity index (χ1) is 6.88. The van der Waals surface area contributed by atoms with Crippen molar-refractivity contribution >= 4 is 29.1 Å². The standard InChI is InChI=1S/C7H7N5S2/c1-8-5-2-6(10-3-9-5)13-7-11-4-12-14-7/h2-4H,1H3,(H,8,9,10). The van der Waals surface area contributed by atoms with Crippen LogP contribution in [-0.4, -0.2) is 26.4 Å². The molecule has 0 amide bonds. The molecule has 0 saturated carbocycles. The van der Waals surface area contributed by atoms with Crippen molar-refractivity contribution in [2.45, 2.75) is 9.37 Å². The fraction of sp³-hybridized carbons (Fsp3) is 0.143. The molecule has 0 unspecified atom stereocenters. The van der Waals surface area contributed by atoms with E-state index in [1.54, 1.807) is 0 Å². The molecule has 0 aliphatic rings. The van der Waals surface area contributed by atoms with E-state index in [9.17, 15) is 0 Å². The molecule has 0 saturated heterocycles. The minimum atomic E-state index is 0.798. The molecule has 0 spiro atoms. The third-order valence-corrected chi connectivity index (χ3v) is 3.08. The second-order valence-corrected chi connectivity index (χ2v) is 4.35. The monoisotopic (exact) mass is 225 g/mol. The number of hydrogen-bond acceptors (Lipinski definition) is 7. The Hall–Kier alpha value is -1.21. The van der Waals surface area contributed by atoms with Crippen molar-refractivity contribution < 1.29 is 0 Å². The van der Waals surface area contributed by atoms with Crippen molar-refractivity contribution in [3.8, 4) is 0 Å². The molecular formula is C7H7N5S2.